The molecule has 0 bridgehead atoms. The van der Waals surface area contributed by atoms with E-state index >= 15 is 0 Å². The van der Waals surface area contributed by atoms with Gasteiger partial charge in [-0.25, -0.2) is 0 Å². The molecule has 0 radical (unpaired) electrons. The highest BCUT2D eigenvalue weighted by Crippen LogP contribution is 2.16. The molecule has 20 heavy (non-hydrogen) atoms. The number of thiophene rings is 1. The summed E-state index contributed by atoms with van der Waals surface area (Å²) >= 11 is 1.71. The number of aromatic nitrogens is 4. The first-order valence-electron chi connectivity index (χ1n) is 6.43. The zero-order valence-electron chi connectivity index (χ0n) is 11.1. The van der Waals surface area contributed by atoms with Crippen molar-refractivity contribution in [2.75, 3.05) is 0 Å². The van der Waals surface area contributed by atoms with Crippen LogP contribution in [0, 0.1) is 0 Å². The Hall–Kier alpha value is -2.05. The van der Waals surface area contributed by atoms with E-state index in [-0.39, 0.29) is 6.04 Å². The molecule has 0 spiro atoms. The van der Waals surface area contributed by atoms with E-state index in [9.17, 15) is 0 Å². The van der Waals surface area contributed by atoms with Crippen molar-refractivity contribution in [1.82, 2.24) is 25.5 Å². The molecule has 102 valence electrons. The molecule has 1 N–H and O–H groups in total. The number of para-hydroxylation sites is 1. The fraction of sp³-hybridized carbons (Fsp3) is 0.214. The average molecular weight is 285 g/mol. The summed E-state index contributed by atoms with van der Waals surface area (Å²) in [7, 11) is 0. The summed E-state index contributed by atoms with van der Waals surface area (Å²) in [5, 5.41) is 19.6. The Balaban J connectivity index is 1.72. The van der Waals surface area contributed by atoms with Crippen molar-refractivity contribution < 1.29 is 0 Å². The maximum atomic E-state index is 4.09. The third kappa shape index (κ3) is 2.76. The van der Waals surface area contributed by atoms with Crippen molar-refractivity contribution in [2.45, 2.75) is 19.5 Å². The van der Waals surface area contributed by atoms with Crippen molar-refractivity contribution in [3.05, 3.63) is 58.5 Å². The monoisotopic (exact) mass is 285 g/mol. The van der Waals surface area contributed by atoms with E-state index in [0.29, 0.717) is 6.54 Å². The third-order valence-corrected chi connectivity index (χ3v) is 3.85. The van der Waals surface area contributed by atoms with Crippen LogP contribution >= 0.6 is 11.3 Å². The highest BCUT2D eigenvalue weighted by molar-refractivity contribution is 7.07. The fourth-order valence-electron chi connectivity index (χ4n) is 1.97. The second-order valence-corrected chi connectivity index (χ2v) is 5.28. The van der Waals surface area contributed by atoms with Gasteiger partial charge in [0.2, 0.25) is 0 Å². The molecular weight excluding hydrogens is 270 g/mol. The standard InChI is InChI=1S/C14H15N5S/c1-11(12-7-8-20-10-12)15-9-14-16-17-18-19(14)13-5-3-2-4-6-13/h2-8,10-11,15H,9H2,1H3. The quantitative estimate of drug-likeness (QED) is 0.783. The van der Waals surface area contributed by atoms with Gasteiger partial charge in [0, 0.05) is 6.04 Å². The number of hydrogen-bond acceptors (Lipinski definition) is 5. The maximum absolute atomic E-state index is 4.09. The van der Waals surface area contributed by atoms with Crippen LogP contribution in [0.3, 0.4) is 0 Å². The van der Waals surface area contributed by atoms with Crippen molar-refractivity contribution in [1.29, 1.82) is 0 Å². The van der Waals surface area contributed by atoms with E-state index in [2.05, 4.69) is 44.6 Å². The number of hydrogen-bond donors (Lipinski definition) is 1. The van der Waals surface area contributed by atoms with Gasteiger partial charge in [-0.15, -0.1) is 5.10 Å². The van der Waals surface area contributed by atoms with Gasteiger partial charge in [0.1, 0.15) is 0 Å². The van der Waals surface area contributed by atoms with E-state index in [1.807, 2.05) is 30.3 Å². The molecule has 3 aromatic rings. The van der Waals surface area contributed by atoms with Crippen molar-refractivity contribution in [3.63, 3.8) is 0 Å². The number of tetrazole rings is 1. The molecule has 2 aromatic heterocycles. The Kier molecular flexibility index (Phi) is 3.85. The molecule has 0 saturated carbocycles. The molecule has 0 aliphatic rings. The Morgan fingerprint density at radius 1 is 1.25 bits per heavy atom. The summed E-state index contributed by atoms with van der Waals surface area (Å²) in [6.45, 7) is 2.76. The summed E-state index contributed by atoms with van der Waals surface area (Å²) in [5.41, 5.74) is 2.26. The molecule has 0 amide bonds. The Labute approximate surface area is 121 Å². The highest BCUT2D eigenvalue weighted by atomic mass is 32.1. The average Bonchev–Trinajstić information content (AvgIpc) is 3.17. The molecule has 1 unspecified atom stereocenters. The van der Waals surface area contributed by atoms with Gasteiger partial charge < -0.3 is 5.32 Å². The molecule has 5 nitrogen and oxygen atoms in total. The van der Waals surface area contributed by atoms with Gasteiger partial charge >= 0.3 is 0 Å². The number of nitrogens with zero attached hydrogens (tertiary/aromatic N) is 4. The number of benzene rings is 1. The molecule has 6 heteroatoms. The van der Waals surface area contributed by atoms with Gasteiger partial charge in [0.25, 0.3) is 0 Å². The lowest BCUT2D eigenvalue weighted by Crippen LogP contribution is -2.20. The SMILES string of the molecule is CC(NCc1nnnn1-c1ccccc1)c1ccsc1. The Morgan fingerprint density at radius 2 is 2.10 bits per heavy atom. The minimum atomic E-state index is 0.280. The summed E-state index contributed by atoms with van der Waals surface area (Å²) in [6.07, 6.45) is 0. The van der Waals surface area contributed by atoms with Crippen LogP contribution in [0.5, 0.6) is 0 Å². The first kappa shape index (κ1) is 13.0. The molecule has 1 atom stereocenters. The summed E-state index contributed by atoms with van der Waals surface area (Å²) < 4.78 is 1.76. The molecule has 0 aliphatic carbocycles. The van der Waals surface area contributed by atoms with E-state index in [4.69, 9.17) is 0 Å². The van der Waals surface area contributed by atoms with Gasteiger partial charge in [0.15, 0.2) is 5.82 Å². The molecule has 2 heterocycles. The summed E-state index contributed by atoms with van der Waals surface area (Å²) in [5.74, 6) is 0.804. The number of rotatable bonds is 5. The fourth-order valence-corrected chi connectivity index (χ4v) is 2.72. The zero-order chi connectivity index (χ0) is 13.8. The second-order valence-electron chi connectivity index (χ2n) is 4.50. The van der Waals surface area contributed by atoms with E-state index < -0.39 is 0 Å². The van der Waals surface area contributed by atoms with Gasteiger partial charge in [-0.2, -0.15) is 16.0 Å². The molecule has 3 rings (SSSR count). The molecule has 1 aromatic carbocycles. The van der Waals surface area contributed by atoms with Crippen LogP contribution in [0.25, 0.3) is 5.69 Å². The maximum Gasteiger partial charge on any atom is 0.170 e. The van der Waals surface area contributed by atoms with Gasteiger partial charge in [0.05, 0.1) is 12.2 Å². The lowest BCUT2D eigenvalue weighted by atomic mass is 10.2. The first-order valence-corrected chi connectivity index (χ1v) is 7.37. The van der Waals surface area contributed by atoms with Gasteiger partial charge in [-0.3, -0.25) is 0 Å². The Bertz CT molecular complexity index is 647. The second kappa shape index (κ2) is 5.94. The van der Waals surface area contributed by atoms with E-state index in [1.54, 1.807) is 16.0 Å². The summed E-state index contributed by atoms with van der Waals surface area (Å²) in [4.78, 5) is 0. The largest absolute Gasteiger partial charge is 0.303 e. The highest BCUT2D eigenvalue weighted by Gasteiger charge is 2.10. The molecule has 0 aliphatic heterocycles. The minimum absolute atomic E-state index is 0.280. The summed E-state index contributed by atoms with van der Waals surface area (Å²) in [6, 6.07) is 12.3. The predicted molar refractivity (Wildman–Crippen MR) is 78.7 cm³/mol. The van der Waals surface area contributed by atoms with Gasteiger partial charge in [-0.1, -0.05) is 18.2 Å². The smallest absolute Gasteiger partial charge is 0.170 e. The number of nitrogens with one attached hydrogen (secondary N) is 1. The molecule has 0 saturated heterocycles. The Morgan fingerprint density at radius 3 is 2.85 bits per heavy atom. The zero-order valence-corrected chi connectivity index (χ0v) is 11.9. The predicted octanol–water partition coefficient (Wildman–Crippen LogP) is 2.57. The van der Waals surface area contributed by atoms with Crippen LogP contribution in [0.2, 0.25) is 0 Å². The first-order chi connectivity index (χ1) is 9.84. The van der Waals surface area contributed by atoms with E-state index in [1.165, 1.54) is 5.56 Å². The lowest BCUT2D eigenvalue weighted by molar-refractivity contribution is 0.552. The van der Waals surface area contributed by atoms with Crippen LogP contribution in [0.4, 0.5) is 0 Å². The molecule has 0 fully saturated rings. The lowest BCUT2D eigenvalue weighted by Gasteiger charge is -2.12. The third-order valence-electron chi connectivity index (χ3n) is 3.14. The topological polar surface area (TPSA) is 55.6 Å². The minimum Gasteiger partial charge on any atom is -0.303 e. The van der Waals surface area contributed by atoms with Crippen LogP contribution in [0.15, 0.2) is 47.2 Å². The van der Waals surface area contributed by atoms with Crippen molar-refractivity contribution >= 4 is 11.3 Å². The van der Waals surface area contributed by atoms with Crippen molar-refractivity contribution in [2.24, 2.45) is 0 Å². The van der Waals surface area contributed by atoms with Crippen LogP contribution < -0.4 is 5.32 Å². The van der Waals surface area contributed by atoms with Crippen LogP contribution in [0.1, 0.15) is 24.4 Å². The molecular formula is C14H15N5S. The van der Waals surface area contributed by atoms with Crippen molar-refractivity contribution in [3.8, 4) is 5.69 Å². The van der Waals surface area contributed by atoms with Gasteiger partial charge in [-0.05, 0) is 51.9 Å². The van der Waals surface area contributed by atoms with Crippen LogP contribution in [-0.2, 0) is 6.54 Å². The van der Waals surface area contributed by atoms with E-state index in [0.717, 1.165) is 11.5 Å². The van der Waals surface area contributed by atoms with Crippen LogP contribution in [-0.4, -0.2) is 20.2 Å². The normalized spacial score (nSPS) is 12.4.